The minimum absolute atomic E-state index is 0.737. The molecule has 4 heteroatoms. The molecule has 19 heavy (non-hydrogen) atoms. The van der Waals surface area contributed by atoms with Gasteiger partial charge in [0.25, 0.3) is 0 Å². The number of fused-ring (bicyclic) bond motifs is 1. The number of rotatable bonds is 1. The molecule has 0 saturated heterocycles. The van der Waals surface area contributed by atoms with Crippen LogP contribution < -0.4 is 0 Å². The molecule has 0 aliphatic carbocycles. The Morgan fingerprint density at radius 2 is 1.68 bits per heavy atom. The zero-order valence-corrected chi connectivity index (χ0v) is 11.9. The van der Waals surface area contributed by atoms with Crippen molar-refractivity contribution in [2.75, 3.05) is 0 Å². The summed E-state index contributed by atoms with van der Waals surface area (Å²) in [5, 5.41) is 0.737. The summed E-state index contributed by atoms with van der Waals surface area (Å²) in [6.07, 6.45) is 0. The Kier molecular flexibility index (Phi) is 2.79. The SMILES string of the molecule is Cc1cc(C)n2c(-c3ccc(Cl)cc3)c(C)nc2n1. The molecular weight excluding hydrogens is 258 g/mol. The number of hydrogen-bond acceptors (Lipinski definition) is 2. The van der Waals surface area contributed by atoms with E-state index in [4.69, 9.17) is 11.6 Å². The number of aryl methyl sites for hydroxylation is 3. The van der Waals surface area contributed by atoms with Crippen LogP contribution in [0.4, 0.5) is 0 Å². The molecule has 3 nitrogen and oxygen atoms in total. The fraction of sp³-hybridized carbons (Fsp3) is 0.200. The minimum Gasteiger partial charge on any atom is -0.281 e. The van der Waals surface area contributed by atoms with E-state index >= 15 is 0 Å². The van der Waals surface area contributed by atoms with Crippen molar-refractivity contribution in [3.8, 4) is 11.3 Å². The van der Waals surface area contributed by atoms with Crippen molar-refractivity contribution in [3.05, 3.63) is 52.4 Å². The number of nitrogens with zero attached hydrogens (tertiary/aromatic N) is 3. The lowest BCUT2D eigenvalue weighted by molar-refractivity contribution is 1.02. The van der Waals surface area contributed by atoms with E-state index in [1.807, 2.05) is 38.1 Å². The maximum Gasteiger partial charge on any atom is 0.234 e. The van der Waals surface area contributed by atoms with Gasteiger partial charge in [-0.25, -0.2) is 9.97 Å². The van der Waals surface area contributed by atoms with Crippen LogP contribution >= 0.6 is 11.6 Å². The lowest BCUT2D eigenvalue weighted by atomic mass is 10.1. The van der Waals surface area contributed by atoms with Crippen LogP contribution in [0.3, 0.4) is 0 Å². The third kappa shape index (κ3) is 2.00. The van der Waals surface area contributed by atoms with Crippen molar-refractivity contribution in [1.82, 2.24) is 14.4 Å². The first-order chi connectivity index (χ1) is 9.06. The van der Waals surface area contributed by atoms with Gasteiger partial charge in [-0.1, -0.05) is 23.7 Å². The molecule has 2 heterocycles. The van der Waals surface area contributed by atoms with Gasteiger partial charge in [0.05, 0.1) is 11.4 Å². The summed E-state index contributed by atoms with van der Waals surface area (Å²) in [5.74, 6) is 0.750. The van der Waals surface area contributed by atoms with Crippen LogP contribution in [-0.2, 0) is 0 Å². The average molecular weight is 272 g/mol. The van der Waals surface area contributed by atoms with Gasteiger partial charge < -0.3 is 0 Å². The van der Waals surface area contributed by atoms with Gasteiger partial charge in [-0.2, -0.15) is 0 Å². The second-order valence-corrected chi connectivity index (χ2v) is 5.16. The predicted octanol–water partition coefficient (Wildman–Crippen LogP) is 3.97. The summed E-state index contributed by atoms with van der Waals surface area (Å²) in [4.78, 5) is 9.04. The summed E-state index contributed by atoms with van der Waals surface area (Å²) in [6.45, 7) is 6.06. The Hall–Kier alpha value is -1.87. The van der Waals surface area contributed by atoms with Crippen molar-refractivity contribution in [3.63, 3.8) is 0 Å². The largest absolute Gasteiger partial charge is 0.281 e. The van der Waals surface area contributed by atoms with Crippen molar-refractivity contribution in [2.24, 2.45) is 0 Å². The summed E-state index contributed by atoms with van der Waals surface area (Å²) < 4.78 is 2.09. The molecule has 1 aromatic carbocycles. The van der Waals surface area contributed by atoms with E-state index in [1.165, 1.54) is 0 Å². The predicted molar refractivity (Wildman–Crippen MR) is 77.6 cm³/mol. The van der Waals surface area contributed by atoms with Gasteiger partial charge in [-0.15, -0.1) is 0 Å². The monoisotopic (exact) mass is 271 g/mol. The standard InChI is InChI=1S/C15H14ClN3/c1-9-8-10(2)19-14(11(3)18-15(19)17-9)12-4-6-13(16)7-5-12/h4-8H,1-3H3. The molecule has 0 fully saturated rings. The Labute approximate surface area is 116 Å². The lowest BCUT2D eigenvalue weighted by Gasteiger charge is -2.07. The molecule has 3 aromatic rings. The van der Waals surface area contributed by atoms with Crippen LogP contribution in [0, 0.1) is 20.8 Å². The van der Waals surface area contributed by atoms with Gasteiger partial charge in [0, 0.05) is 22.0 Å². The first-order valence-electron chi connectivity index (χ1n) is 6.15. The Morgan fingerprint density at radius 3 is 2.37 bits per heavy atom. The molecule has 0 aliphatic rings. The van der Waals surface area contributed by atoms with Gasteiger partial charge in [0.2, 0.25) is 5.78 Å². The van der Waals surface area contributed by atoms with Gasteiger partial charge in [0.1, 0.15) is 0 Å². The summed E-state index contributed by atoms with van der Waals surface area (Å²) in [5.41, 5.74) is 5.27. The second kappa shape index (κ2) is 4.35. The van der Waals surface area contributed by atoms with Crippen LogP contribution in [0.5, 0.6) is 0 Å². The van der Waals surface area contributed by atoms with E-state index in [9.17, 15) is 0 Å². The zero-order chi connectivity index (χ0) is 13.6. The van der Waals surface area contributed by atoms with Gasteiger partial charge in [-0.3, -0.25) is 4.40 Å². The number of halogens is 1. The highest BCUT2D eigenvalue weighted by atomic mass is 35.5. The maximum atomic E-state index is 5.95. The van der Waals surface area contributed by atoms with Crippen molar-refractivity contribution in [1.29, 1.82) is 0 Å². The minimum atomic E-state index is 0.737. The molecule has 0 saturated carbocycles. The van der Waals surface area contributed by atoms with E-state index in [0.29, 0.717) is 0 Å². The number of benzene rings is 1. The lowest BCUT2D eigenvalue weighted by Crippen LogP contribution is -1.98. The Balaban J connectivity index is 2.34. The summed E-state index contributed by atoms with van der Waals surface area (Å²) in [7, 11) is 0. The Bertz CT molecular complexity index is 757. The number of hydrogen-bond donors (Lipinski definition) is 0. The fourth-order valence-corrected chi connectivity index (χ4v) is 2.55. The van der Waals surface area contributed by atoms with E-state index in [-0.39, 0.29) is 0 Å². The third-order valence-electron chi connectivity index (χ3n) is 3.20. The first kappa shape index (κ1) is 12.2. The fourth-order valence-electron chi connectivity index (χ4n) is 2.43. The highest BCUT2D eigenvalue weighted by Gasteiger charge is 2.13. The first-order valence-corrected chi connectivity index (χ1v) is 6.53. The molecule has 0 radical (unpaired) electrons. The number of imidazole rings is 1. The van der Waals surface area contributed by atoms with Crippen molar-refractivity contribution >= 4 is 17.4 Å². The molecule has 0 aliphatic heterocycles. The molecule has 3 rings (SSSR count). The zero-order valence-electron chi connectivity index (χ0n) is 11.1. The van der Waals surface area contributed by atoms with E-state index < -0.39 is 0 Å². The van der Waals surface area contributed by atoms with Crippen LogP contribution in [0.2, 0.25) is 5.02 Å². The highest BCUT2D eigenvalue weighted by molar-refractivity contribution is 6.30. The second-order valence-electron chi connectivity index (χ2n) is 4.73. The van der Waals surface area contributed by atoms with Crippen LogP contribution in [0.1, 0.15) is 17.1 Å². The van der Waals surface area contributed by atoms with Crippen molar-refractivity contribution < 1.29 is 0 Å². The molecule has 0 N–H and O–H groups in total. The topological polar surface area (TPSA) is 30.2 Å². The molecule has 0 atom stereocenters. The molecular formula is C15H14ClN3. The van der Waals surface area contributed by atoms with Gasteiger partial charge >= 0.3 is 0 Å². The van der Waals surface area contributed by atoms with Gasteiger partial charge in [0.15, 0.2) is 0 Å². The van der Waals surface area contributed by atoms with Crippen LogP contribution in [-0.4, -0.2) is 14.4 Å². The Morgan fingerprint density at radius 1 is 1.00 bits per heavy atom. The van der Waals surface area contributed by atoms with Crippen LogP contribution in [0.15, 0.2) is 30.3 Å². The maximum absolute atomic E-state index is 5.95. The quantitative estimate of drug-likeness (QED) is 0.670. The highest BCUT2D eigenvalue weighted by Crippen LogP contribution is 2.26. The van der Waals surface area contributed by atoms with E-state index in [0.717, 1.165) is 39.1 Å². The molecule has 96 valence electrons. The van der Waals surface area contributed by atoms with Crippen LogP contribution in [0.25, 0.3) is 17.0 Å². The van der Waals surface area contributed by atoms with Gasteiger partial charge in [-0.05, 0) is 39.0 Å². The van der Waals surface area contributed by atoms with E-state index in [2.05, 4.69) is 27.4 Å². The normalized spacial score (nSPS) is 11.2. The molecule has 0 spiro atoms. The molecule has 0 bridgehead atoms. The summed E-state index contributed by atoms with van der Waals surface area (Å²) in [6, 6.07) is 9.88. The summed E-state index contributed by atoms with van der Waals surface area (Å²) >= 11 is 5.95. The average Bonchev–Trinajstić information content (AvgIpc) is 2.66. The number of aromatic nitrogens is 3. The molecule has 0 amide bonds. The third-order valence-corrected chi connectivity index (χ3v) is 3.45. The smallest absolute Gasteiger partial charge is 0.234 e. The van der Waals surface area contributed by atoms with E-state index in [1.54, 1.807) is 0 Å². The molecule has 2 aromatic heterocycles. The molecule has 0 unspecified atom stereocenters. The van der Waals surface area contributed by atoms with Crippen molar-refractivity contribution in [2.45, 2.75) is 20.8 Å².